The molecule has 1 heterocycles. The van der Waals surface area contributed by atoms with Crippen molar-refractivity contribution in [1.82, 2.24) is 4.57 Å². The Morgan fingerprint density at radius 3 is 1.82 bits per heavy atom. The van der Waals surface area contributed by atoms with Crippen LogP contribution in [-0.2, 0) is 18.3 Å². The van der Waals surface area contributed by atoms with Gasteiger partial charge in [0.2, 0.25) is 0 Å². The van der Waals surface area contributed by atoms with Crippen molar-refractivity contribution in [3.63, 3.8) is 0 Å². The first kappa shape index (κ1) is 33.6. The number of aromatic nitrogens is 1. The van der Waals surface area contributed by atoms with Crippen LogP contribution in [0.15, 0.2) is 218 Å². The zero-order valence-corrected chi connectivity index (χ0v) is 35.9. The van der Waals surface area contributed by atoms with E-state index >= 15 is 0 Å². The molecule has 0 fully saturated rings. The molecule has 0 aliphatic heterocycles. The van der Waals surface area contributed by atoms with E-state index in [9.17, 15) is 5.48 Å². The molecule has 0 atom stereocenters. The Bertz CT molecular complexity index is 3670. The zero-order valence-electron chi connectivity index (χ0n) is 39.9. The van der Waals surface area contributed by atoms with E-state index in [0.29, 0.717) is 11.3 Å². The Kier molecular flexibility index (Phi) is 7.81. The van der Waals surface area contributed by atoms with Crippen LogP contribution in [0.3, 0.4) is 0 Å². The molecule has 0 spiro atoms. The van der Waals surface area contributed by atoms with E-state index in [4.69, 9.17) is 0 Å². The average molecular weight is 835 g/mol. The van der Waals surface area contributed by atoms with Crippen molar-refractivity contribution in [2.75, 3.05) is 4.90 Å². The third-order valence-corrected chi connectivity index (χ3v) is 14.1. The first-order valence-corrected chi connectivity index (χ1v) is 22.8. The van der Waals surface area contributed by atoms with Gasteiger partial charge in [-0.15, -0.1) is 0 Å². The minimum Gasteiger partial charge on any atom is -0.310 e. The summed E-state index contributed by atoms with van der Waals surface area (Å²) in [6, 6.07) is 63.6. The molecule has 0 bridgehead atoms. The van der Waals surface area contributed by atoms with Crippen molar-refractivity contribution < 1.29 is 5.48 Å². The highest BCUT2D eigenvalue weighted by molar-refractivity contribution is 6.09. The molecule has 65 heavy (non-hydrogen) atoms. The van der Waals surface area contributed by atoms with Gasteiger partial charge in [0, 0.05) is 33.5 Å². The predicted octanol–water partition coefficient (Wildman–Crippen LogP) is 16.2. The van der Waals surface area contributed by atoms with Gasteiger partial charge in [-0.3, -0.25) is 0 Å². The van der Waals surface area contributed by atoms with Crippen molar-refractivity contribution in [1.29, 1.82) is 0 Å². The van der Waals surface area contributed by atoms with Crippen LogP contribution >= 0.6 is 0 Å². The monoisotopic (exact) mass is 834 g/mol. The number of para-hydroxylation sites is 2. The standard InChI is InChI=1S/C63H46N2/c1-3-19-45(20-4-1)63(46-21-5-2-6-22-46)59-31-14-11-28-54(59)55-39-38-50(42-60(55)63)64(48-23-17-24-49(41-48)65-61-32-15-12-29-56(61)57-30-13-16-33-62(57)65)47-36-34-43(35-37-47)58-40-44-18-7-8-25-51(44)52-26-9-10-27-53(52)58/h1-7,10-24,27-42H,8-9,25-26H2/i34D,35D,36D,37D. The summed E-state index contributed by atoms with van der Waals surface area (Å²) in [5.74, 6) is 0. The number of fused-ring (bicyclic) bond motifs is 9. The Labute approximate surface area is 386 Å². The fourth-order valence-corrected chi connectivity index (χ4v) is 11.3. The lowest BCUT2D eigenvalue weighted by molar-refractivity contribution is 0.768. The van der Waals surface area contributed by atoms with Crippen LogP contribution in [0.2, 0.25) is 0 Å². The fraction of sp³-hybridized carbons (Fsp3) is 0.0794. The zero-order chi connectivity index (χ0) is 46.4. The van der Waals surface area contributed by atoms with Crippen molar-refractivity contribution >= 4 is 51.0 Å². The van der Waals surface area contributed by atoms with E-state index in [-0.39, 0.29) is 29.9 Å². The van der Waals surface area contributed by atoms with Gasteiger partial charge in [-0.1, -0.05) is 170 Å². The molecule has 0 amide bonds. The largest absolute Gasteiger partial charge is 0.310 e. The molecule has 10 aromatic rings. The van der Waals surface area contributed by atoms with E-state index in [1.807, 2.05) is 17.0 Å². The van der Waals surface area contributed by atoms with Crippen LogP contribution in [0.5, 0.6) is 0 Å². The molecule has 0 saturated carbocycles. The van der Waals surface area contributed by atoms with Gasteiger partial charge in [0.05, 0.1) is 21.9 Å². The SMILES string of the molecule is [2H]c1c([2H])c(N(c2cccc(-n3c4ccccc4c4ccccc43)c2)c2ccc3c(c2)C(c2ccccc2)(c2ccccc2)c2ccccc2-3)c([2H])c([2H])c1-c1cc2c(c3c1C=CCC3)CCC=C2. The molecule has 0 unspecified atom stereocenters. The number of rotatable bonds is 7. The highest BCUT2D eigenvalue weighted by Crippen LogP contribution is 2.57. The van der Waals surface area contributed by atoms with Gasteiger partial charge in [-0.25, -0.2) is 0 Å². The van der Waals surface area contributed by atoms with Crippen molar-refractivity contribution in [2.45, 2.75) is 31.1 Å². The molecule has 308 valence electrons. The van der Waals surface area contributed by atoms with Gasteiger partial charge in [-0.2, -0.15) is 0 Å². The molecule has 1 aromatic heterocycles. The first-order valence-electron chi connectivity index (χ1n) is 24.8. The fourth-order valence-electron chi connectivity index (χ4n) is 11.3. The maximum atomic E-state index is 10.1. The topological polar surface area (TPSA) is 8.17 Å². The summed E-state index contributed by atoms with van der Waals surface area (Å²) in [6.07, 6.45) is 12.4. The number of allylic oxidation sites excluding steroid dienone is 2. The Morgan fingerprint density at radius 1 is 0.462 bits per heavy atom. The van der Waals surface area contributed by atoms with Gasteiger partial charge >= 0.3 is 0 Å². The number of benzene rings is 9. The Hall–Kier alpha value is -7.94. The highest BCUT2D eigenvalue weighted by Gasteiger charge is 2.46. The third kappa shape index (κ3) is 5.80. The number of nitrogens with zero attached hydrogens (tertiary/aromatic N) is 2. The quantitative estimate of drug-likeness (QED) is 0.155. The normalized spacial score (nSPS) is 15.1. The maximum Gasteiger partial charge on any atom is 0.0714 e. The molecule has 0 saturated heterocycles. The Morgan fingerprint density at radius 2 is 1.08 bits per heavy atom. The van der Waals surface area contributed by atoms with Gasteiger partial charge in [0.25, 0.3) is 0 Å². The number of hydrogen-bond acceptors (Lipinski definition) is 1. The molecule has 13 rings (SSSR count). The predicted molar refractivity (Wildman–Crippen MR) is 273 cm³/mol. The van der Waals surface area contributed by atoms with Crippen molar-refractivity contribution in [2.24, 2.45) is 0 Å². The summed E-state index contributed by atoms with van der Waals surface area (Å²) in [5, 5.41) is 2.30. The number of anilines is 3. The second-order valence-corrected chi connectivity index (χ2v) is 17.5. The van der Waals surface area contributed by atoms with Crippen LogP contribution in [0.1, 0.15) is 62.8 Å². The van der Waals surface area contributed by atoms with Gasteiger partial charge < -0.3 is 9.47 Å². The van der Waals surface area contributed by atoms with Crippen molar-refractivity contribution in [3.05, 3.63) is 263 Å². The van der Waals surface area contributed by atoms with E-state index in [0.717, 1.165) is 103 Å². The van der Waals surface area contributed by atoms with Gasteiger partial charge in [0.1, 0.15) is 0 Å². The van der Waals surface area contributed by atoms with Gasteiger partial charge in [-0.05, 0) is 153 Å². The summed E-state index contributed by atoms with van der Waals surface area (Å²) in [5.41, 5.74) is 16.5. The van der Waals surface area contributed by atoms with Crippen LogP contribution in [0.25, 0.3) is 61.9 Å². The van der Waals surface area contributed by atoms with E-state index in [2.05, 4.69) is 199 Å². The second-order valence-electron chi connectivity index (χ2n) is 17.5. The first-order chi connectivity index (χ1) is 33.9. The van der Waals surface area contributed by atoms with Crippen LogP contribution < -0.4 is 4.90 Å². The van der Waals surface area contributed by atoms with Crippen LogP contribution in [0, 0.1) is 0 Å². The smallest absolute Gasteiger partial charge is 0.0714 e. The molecule has 0 N–H and O–H groups in total. The second kappa shape index (κ2) is 15.1. The third-order valence-electron chi connectivity index (χ3n) is 14.1. The summed E-state index contributed by atoms with van der Waals surface area (Å²) in [4.78, 5) is 1.97. The molecule has 3 aliphatic carbocycles. The Balaban J connectivity index is 1.09. The molecular formula is C63H46N2. The van der Waals surface area contributed by atoms with Crippen molar-refractivity contribution in [3.8, 4) is 27.9 Å². The average Bonchev–Trinajstić information content (AvgIpc) is 3.90. The van der Waals surface area contributed by atoms with Gasteiger partial charge in [0.15, 0.2) is 0 Å². The summed E-state index contributed by atoms with van der Waals surface area (Å²) < 4.78 is 42.4. The van der Waals surface area contributed by atoms with Crippen LogP contribution in [0.4, 0.5) is 17.1 Å². The molecule has 2 nitrogen and oxygen atoms in total. The molecule has 0 radical (unpaired) electrons. The minimum absolute atomic E-state index is 0.0630. The lowest BCUT2D eigenvalue weighted by Crippen LogP contribution is -2.28. The summed E-state index contributed by atoms with van der Waals surface area (Å²) >= 11 is 0. The number of hydrogen-bond donors (Lipinski definition) is 0. The summed E-state index contributed by atoms with van der Waals surface area (Å²) in [7, 11) is 0. The lowest BCUT2D eigenvalue weighted by Gasteiger charge is -2.35. The maximum absolute atomic E-state index is 10.1. The molecule has 3 aliphatic rings. The molecule has 2 heteroatoms. The molecular weight excluding hydrogens is 785 g/mol. The van der Waals surface area contributed by atoms with E-state index in [1.165, 1.54) is 16.7 Å². The van der Waals surface area contributed by atoms with E-state index in [1.54, 1.807) is 0 Å². The minimum atomic E-state index is -0.701. The highest BCUT2D eigenvalue weighted by atomic mass is 15.1. The van der Waals surface area contributed by atoms with Crippen LogP contribution in [-0.4, -0.2) is 4.57 Å². The molecule has 9 aromatic carbocycles. The van der Waals surface area contributed by atoms with E-state index < -0.39 is 5.41 Å². The summed E-state index contributed by atoms with van der Waals surface area (Å²) in [6.45, 7) is 0. The lowest BCUT2D eigenvalue weighted by atomic mass is 9.67.